The average molecular weight is 460 g/mol. The highest BCUT2D eigenvalue weighted by Gasteiger charge is 2.67. The van der Waals surface area contributed by atoms with Gasteiger partial charge in [0, 0.05) is 24.6 Å². The second kappa shape index (κ2) is 7.91. The lowest BCUT2D eigenvalue weighted by Crippen LogP contribution is -2.73. The number of nitrogens with two attached hydrogens (primary N) is 1. The molecule has 2 saturated carbocycles. The Morgan fingerprint density at radius 1 is 1.27 bits per heavy atom. The van der Waals surface area contributed by atoms with Crippen molar-refractivity contribution in [2.24, 2.45) is 23.5 Å². The number of ketones is 2. The molecule has 1 amide bonds. The number of hydrogen-bond acceptors (Lipinski definition) is 9. The number of aromatic hydroxyl groups is 1. The molecule has 0 spiro atoms. The molecule has 178 valence electrons. The van der Waals surface area contributed by atoms with Crippen molar-refractivity contribution in [1.29, 1.82) is 0 Å². The molecular formula is C23H28N2O8. The van der Waals surface area contributed by atoms with E-state index in [0.29, 0.717) is 5.56 Å². The predicted molar refractivity (Wildman–Crippen MR) is 115 cm³/mol. The van der Waals surface area contributed by atoms with Crippen LogP contribution in [0.3, 0.4) is 0 Å². The highest BCUT2D eigenvalue weighted by molar-refractivity contribution is 6.25. The van der Waals surface area contributed by atoms with Gasteiger partial charge in [0.2, 0.25) is 11.7 Å². The summed E-state index contributed by atoms with van der Waals surface area (Å²) < 4.78 is 5.22. The van der Waals surface area contributed by atoms with E-state index in [2.05, 4.69) is 0 Å². The van der Waals surface area contributed by atoms with Crippen LogP contribution in [-0.2, 0) is 32.1 Å². The van der Waals surface area contributed by atoms with Gasteiger partial charge >= 0.3 is 0 Å². The molecule has 1 aromatic rings. The lowest BCUT2D eigenvalue weighted by Gasteiger charge is -2.53. The number of amides is 1. The minimum atomic E-state index is -2.65. The number of nitrogens with zero attached hydrogens (tertiary/aromatic N) is 1. The van der Waals surface area contributed by atoms with Gasteiger partial charge in [-0.05, 0) is 50.0 Å². The van der Waals surface area contributed by atoms with Crippen LogP contribution in [0.5, 0.6) is 5.75 Å². The van der Waals surface area contributed by atoms with Crippen LogP contribution in [0.4, 0.5) is 0 Å². The lowest BCUT2D eigenvalue weighted by atomic mass is 9.54. The van der Waals surface area contributed by atoms with Crippen molar-refractivity contribution in [3.05, 3.63) is 34.4 Å². The number of phenols is 1. The van der Waals surface area contributed by atoms with Gasteiger partial charge in [-0.15, -0.1) is 0 Å². The molecule has 3 aliphatic rings. The maximum absolute atomic E-state index is 13.7. The number of aliphatic hydroxyl groups excluding tert-OH is 2. The number of benzene rings is 1. The van der Waals surface area contributed by atoms with Crippen molar-refractivity contribution < 1.29 is 39.5 Å². The third kappa shape index (κ3) is 3.12. The minimum absolute atomic E-state index is 0.0603. The number of likely N-dealkylation sites (N-methyl/N-ethyl adjacent to an activating group) is 1. The van der Waals surface area contributed by atoms with Crippen LogP contribution < -0.4 is 5.73 Å². The van der Waals surface area contributed by atoms with E-state index in [1.165, 1.54) is 13.2 Å². The fourth-order valence-electron chi connectivity index (χ4n) is 5.96. The molecule has 10 heteroatoms. The zero-order valence-corrected chi connectivity index (χ0v) is 18.6. The van der Waals surface area contributed by atoms with Gasteiger partial charge in [-0.3, -0.25) is 14.4 Å². The summed E-state index contributed by atoms with van der Waals surface area (Å²) in [5.74, 6) is -7.50. The molecule has 6 N–H and O–H groups in total. The van der Waals surface area contributed by atoms with Crippen LogP contribution in [0.2, 0.25) is 0 Å². The van der Waals surface area contributed by atoms with Crippen LogP contribution in [0.1, 0.15) is 23.1 Å². The molecule has 0 radical (unpaired) electrons. The van der Waals surface area contributed by atoms with Gasteiger partial charge in [-0.1, -0.05) is 6.07 Å². The first-order valence-electron chi connectivity index (χ1n) is 10.7. The van der Waals surface area contributed by atoms with Crippen LogP contribution in [0.25, 0.3) is 5.76 Å². The van der Waals surface area contributed by atoms with E-state index in [1.807, 2.05) is 0 Å². The molecule has 10 nitrogen and oxygen atoms in total. The largest absolute Gasteiger partial charge is 0.507 e. The first-order valence-corrected chi connectivity index (χ1v) is 10.7. The fraction of sp³-hybridized carbons (Fsp3) is 0.522. The first-order chi connectivity index (χ1) is 15.5. The number of fused-ring (bicyclic) bond motifs is 3. The minimum Gasteiger partial charge on any atom is -0.507 e. The molecule has 0 bridgehead atoms. The van der Waals surface area contributed by atoms with Crippen LogP contribution >= 0.6 is 0 Å². The van der Waals surface area contributed by atoms with Gasteiger partial charge in [-0.25, -0.2) is 0 Å². The third-order valence-electron chi connectivity index (χ3n) is 7.37. The molecule has 33 heavy (non-hydrogen) atoms. The van der Waals surface area contributed by atoms with Crippen molar-refractivity contribution in [2.75, 3.05) is 21.2 Å². The molecule has 0 aliphatic heterocycles. The second-order valence-corrected chi connectivity index (χ2v) is 9.32. The molecule has 1 aromatic carbocycles. The Bertz CT molecular complexity index is 1080. The molecule has 2 unspecified atom stereocenters. The van der Waals surface area contributed by atoms with Crippen LogP contribution in [-0.4, -0.2) is 81.8 Å². The summed E-state index contributed by atoms with van der Waals surface area (Å²) in [5.41, 5.74) is 3.93. The SMILES string of the molecule is COCc1ccc(O)c2c1C[C@H]1C[C@H]3[C@H](N(C)C)C(O)C(C(N)=O)C(=O)[C@@]3(O)C(=O)C1=C2O. The van der Waals surface area contributed by atoms with Crippen molar-refractivity contribution >= 4 is 23.2 Å². The lowest BCUT2D eigenvalue weighted by molar-refractivity contribution is -0.184. The van der Waals surface area contributed by atoms with Gasteiger partial charge in [0.15, 0.2) is 11.4 Å². The number of carbonyl (C=O) groups excluding carboxylic acids is 3. The Balaban J connectivity index is 1.92. The normalized spacial score (nSPS) is 33.6. The smallest absolute Gasteiger partial charge is 0.230 e. The first kappa shape index (κ1) is 23.4. The number of carbonyl (C=O) groups is 3. The number of methoxy groups -OCH3 is 1. The molecule has 3 aliphatic carbocycles. The van der Waals surface area contributed by atoms with E-state index < -0.39 is 58.7 Å². The number of aliphatic hydroxyl groups is 3. The Morgan fingerprint density at radius 3 is 2.52 bits per heavy atom. The third-order valence-corrected chi connectivity index (χ3v) is 7.37. The maximum Gasteiger partial charge on any atom is 0.230 e. The van der Waals surface area contributed by atoms with Gasteiger partial charge in [-0.2, -0.15) is 0 Å². The predicted octanol–water partition coefficient (Wildman–Crippen LogP) is -0.725. The van der Waals surface area contributed by atoms with E-state index in [9.17, 15) is 34.8 Å². The van der Waals surface area contributed by atoms with E-state index in [-0.39, 0.29) is 36.3 Å². The molecular weight excluding hydrogens is 432 g/mol. The summed E-state index contributed by atoms with van der Waals surface area (Å²) in [6, 6.07) is 2.13. The zero-order chi connectivity index (χ0) is 24.4. The summed E-state index contributed by atoms with van der Waals surface area (Å²) in [5, 5.41) is 43.9. The number of rotatable bonds is 4. The van der Waals surface area contributed by atoms with E-state index in [0.717, 1.165) is 5.56 Å². The molecule has 0 heterocycles. The quantitative estimate of drug-likeness (QED) is 0.364. The molecule has 4 rings (SSSR count). The highest BCUT2D eigenvalue weighted by atomic mass is 16.5. The Kier molecular flexibility index (Phi) is 5.60. The van der Waals surface area contributed by atoms with Crippen molar-refractivity contribution in [3.8, 4) is 5.75 Å². The number of Topliss-reactive ketones (excluding diaryl/α,β-unsaturated/α-hetero) is 2. The molecule has 6 atom stereocenters. The number of ether oxygens (including phenoxy) is 1. The summed E-state index contributed by atoms with van der Waals surface area (Å²) >= 11 is 0. The van der Waals surface area contributed by atoms with Crippen molar-refractivity contribution in [1.82, 2.24) is 4.90 Å². The Labute approximate surface area is 190 Å². The summed E-state index contributed by atoms with van der Waals surface area (Å²) in [6.07, 6.45) is -1.17. The molecule has 0 aromatic heterocycles. The van der Waals surface area contributed by atoms with E-state index in [1.54, 1.807) is 25.1 Å². The summed E-state index contributed by atoms with van der Waals surface area (Å²) in [4.78, 5) is 40.5. The van der Waals surface area contributed by atoms with E-state index >= 15 is 0 Å². The maximum atomic E-state index is 13.7. The number of hydrogen-bond donors (Lipinski definition) is 5. The number of primary amides is 1. The summed E-state index contributed by atoms with van der Waals surface area (Å²) in [6.45, 7) is 0.219. The number of phenolic OH excluding ortho intramolecular Hbond substituents is 1. The van der Waals surface area contributed by atoms with Crippen molar-refractivity contribution in [2.45, 2.75) is 37.2 Å². The monoisotopic (exact) mass is 460 g/mol. The standard InChI is InChI=1S/C23H28N2O8/c1-25(2)17-12-7-10-6-11-9(8-33-3)4-5-13(26)15(11)18(27)14(10)20(29)23(12,32)21(30)16(19(17)28)22(24)31/h4-5,10,12,16-17,19,26-28,32H,6-8H2,1-3H3,(H2,24,31)/t10-,12-,16?,17-,19?,23-/m0/s1. The van der Waals surface area contributed by atoms with Gasteiger partial charge in [0.1, 0.15) is 17.4 Å². The highest BCUT2D eigenvalue weighted by Crippen LogP contribution is 2.52. The molecule has 2 fully saturated rings. The Morgan fingerprint density at radius 2 is 1.94 bits per heavy atom. The van der Waals surface area contributed by atoms with Gasteiger partial charge in [0.05, 0.1) is 18.3 Å². The second-order valence-electron chi connectivity index (χ2n) is 9.32. The van der Waals surface area contributed by atoms with Gasteiger partial charge in [0.25, 0.3) is 0 Å². The van der Waals surface area contributed by atoms with Crippen LogP contribution in [0, 0.1) is 17.8 Å². The molecule has 0 saturated heterocycles. The van der Waals surface area contributed by atoms with Gasteiger partial charge < -0.3 is 35.8 Å². The Hall–Kier alpha value is -2.79. The van der Waals surface area contributed by atoms with Crippen LogP contribution in [0.15, 0.2) is 17.7 Å². The fourth-order valence-corrected chi connectivity index (χ4v) is 5.96. The summed E-state index contributed by atoms with van der Waals surface area (Å²) in [7, 11) is 4.74. The zero-order valence-electron chi connectivity index (χ0n) is 18.6. The van der Waals surface area contributed by atoms with E-state index in [4.69, 9.17) is 10.5 Å². The average Bonchev–Trinajstić information content (AvgIpc) is 2.72. The van der Waals surface area contributed by atoms with Crippen molar-refractivity contribution in [3.63, 3.8) is 0 Å². The topological polar surface area (TPSA) is 171 Å².